The van der Waals surface area contributed by atoms with Gasteiger partial charge in [-0.15, -0.1) is 0 Å². The van der Waals surface area contributed by atoms with Gasteiger partial charge in [0.15, 0.2) is 5.78 Å². The van der Waals surface area contributed by atoms with Crippen molar-refractivity contribution in [3.63, 3.8) is 0 Å². The van der Waals surface area contributed by atoms with Crippen LogP contribution in [-0.2, 0) is 4.79 Å². The highest BCUT2D eigenvalue weighted by Crippen LogP contribution is 1.98. The molecule has 1 unspecified atom stereocenters. The minimum Gasteiger partial charge on any atom is -0.392 e. The van der Waals surface area contributed by atoms with Gasteiger partial charge in [-0.1, -0.05) is 12.2 Å². The molecule has 68 valence electrons. The second kappa shape index (κ2) is 5.69. The van der Waals surface area contributed by atoms with Gasteiger partial charge in [-0.3, -0.25) is 4.79 Å². The van der Waals surface area contributed by atoms with E-state index in [9.17, 15) is 4.79 Å². The summed E-state index contributed by atoms with van der Waals surface area (Å²) in [5.41, 5.74) is 0.542. The molecular weight excluding hydrogens is 156 g/mol. The predicted octanol–water partition coefficient (Wildman–Crippen LogP) is 0.431. The maximum absolute atomic E-state index is 10.5. The summed E-state index contributed by atoms with van der Waals surface area (Å²) in [4.78, 5) is 10.5. The van der Waals surface area contributed by atoms with Crippen molar-refractivity contribution in [2.75, 3.05) is 6.61 Å². The Morgan fingerprint density at radius 2 is 2.08 bits per heavy atom. The molecule has 12 heavy (non-hydrogen) atoms. The normalized spacial score (nSPS) is 15.2. The molecule has 0 bridgehead atoms. The van der Waals surface area contributed by atoms with Crippen molar-refractivity contribution in [1.82, 2.24) is 0 Å². The fourth-order valence-electron chi connectivity index (χ4n) is 0.695. The lowest BCUT2D eigenvalue weighted by Gasteiger charge is -1.98. The summed E-state index contributed by atoms with van der Waals surface area (Å²) in [6, 6.07) is 0. The molecule has 1 atom stereocenters. The molecule has 0 aromatic heterocycles. The first-order valence-corrected chi connectivity index (χ1v) is 3.74. The van der Waals surface area contributed by atoms with Crippen LogP contribution in [0.5, 0.6) is 0 Å². The van der Waals surface area contributed by atoms with Crippen molar-refractivity contribution in [1.29, 1.82) is 0 Å². The number of carbonyl (C=O) groups is 1. The Kier molecular flexibility index (Phi) is 5.25. The third-order valence-electron chi connectivity index (χ3n) is 1.17. The molecule has 0 radical (unpaired) electrons. The molecule has 0 aliphatic carbocycles. The molecule has 0 fully saturated rings. The zero-order chi connectivity index (χ0) is 9.56. The average molecular weight is 170 g/mol. The lowest BCUT2D eigenvalue weighted by Crippen LogP contribution is -1.98. The second-order valence-corrected chi connectivity index (χ2v) is 2.58. The SMILES string of the molecule is CC(=O)C=CC(=CC(C)O)CO. The van der Waals surface area contributed by atoms with Crippen molar-refractivity contribution >= 4 is 5.78 Å². The van der Waals surface area contributed by atoms with Crippen LogP contribution < -0.4 is 0 Å². The summed E-state index contributed by atoms with van der Waals surface area (Å²) in [7, 11) is 0. The summed E-state index contributed by atoms with van der Waals surface area (Å²) >= 11 is 0. The summed E-state index contributed by atoms with van der Waals surface area (Å²) in [5.74, 6) is -0.0834. The molecule has 0 saturated carbocycles. The number of rotatable bonds is 4. The molecule has 0 amide bonds. The van der Waals surface area contributed by atoms with Gasteiger partial charge in [0.05, 0.1) is 12.7 Å². The largest absolute Gasteiger partial charge is 0.392 e. The van der Waals surface area contributed by atoms with Crippen LogP contribution in [0.15, 0.2) is 23.8 Å². The maximum Gasteiger partial charge on any atom is 0.152 e. The Bertz CT molecular complexity index is 202. The highest BCUT2D eigenvalue weighted by Gasteiger charge is 1.93. The lowest BCUT2D eigenvalue weighted by atomic mass is 10.2. The van der Waals surface area contributed by atoms with Crippen molar-refractivity contribution in [3.05, 3.63) is 23.8 Å². The van der Waals surface area contributed by atoms with Gasteiger partial charge in [0.2, 0.25) is 0 Å². The van der Waals surface area contributed by atoms with E-state index in [0.29, 0.717) is 5.57 Å². The van der Waals surface area contributed by atoms with Gasteiger partial charge >= 0.3 is 0 Å². The minimum absolute atomic E-state index is 0.0834. The second-order valence-electron chi connectivity index (χ2n) is 2.58. The van der Waals surface area contributed by atoms with Crippen molar-refractivity contribution in [2.45, 2.75) is 20.0 Å². The quantitative estimate of drug-likeness (QED) is 0.475. The molecule has 0 aromatic rings. The van der Waals surface area contributed by atoms with Crippen LogP contribution in [-0.4, -0.2) is 28.7 Å². The fourth-order valence-corrected chi connectivity index (χ4v) is 0.695. The van der Waals surface area contributed by atoms with Crippen LogP contribution in [0.2, 0.25) is 0 Å². The molecule has 0 heterocycles. The zero-order valence-electron chi connectivity index (χ0n) is 7.32. The summed E-state index contributed by atoms with van der Waals surface area (Å²) in [6.07, 6.45) is 3.72. The lowest BCUT2D eigenvalue weighted by molar-refractivity contribution is -0.112. The Labute approximate surface area is 72.0 Å². The third-order valence-corrected chi connectivity index (χ3v) is 1.17. The molecule has 0 spiro atoms. The van der Waals surface area contributed by atoms with E-state index in [1.807, 2.05) is 0 Å². The number of aliphatic hydroxyl groups is 2. The first-order chi connectivity index (χ1) is 5.56. The van der Waals surface area contributed by atoms with Gasteiger partial charge < -0.3 is 10.2 Å². The van der Waals surface area contributed by atoms with Crippen LogP contribution >= 0.6 is 0 Å². The molecule has 3 nitrogen and oxygen atoms in total. The first kappa shape index (κ1) is 11.1. The predicted molar refractivity (Wildman–Crippen MR) is 46.7 cm³/mol. The van der Waals surface area contributed by atoms with E-state index in [1.54, 1.807) is 6.92 Å². The summed E-state index contributed by atoms with van der Waals surface area (Å²) in [6.45, 7) is 2.83. The van der Waals surface area contributed by atoms with Crippen LogP contribution in [0.1, 0.15) is 13.8 Å². The molecule has 0 saturated heterocycles. The molecule has 2 N–H and O–H groups in total. The van der Waals surface area contributed by atoms with Crippen LogP contribution in [0.25, 0.3) is 0 Å². The minimum atomic E-state index is -0.608. The van der Waals surface area contributed by atoms with Gasteiger partial charge in [-0.05, 0) is 25.5 Å². The Hall–Kier alpha value is -0.930. The number of aliphatic hydroxyl groups excluding tert-OH is 2. The maximum atomic E-state index is 10.5. The van der Waals surface area contributed by atoms with Gasteiger partial charge in [0.1, 0.15) is 0 Å². The number of ketones is 1. The standard InChI is InChI=1S/C9H14O3/c1-7(11)3-4-9(6-10)5-8(2)12/h3-5,8,10,12H,6H2,1-2H3. The van der Waals surface area contributed by atoms with Crippen molar-refractivity contribution in [2.24, 2.45) is 0 Å². The molecule has 0 aliphatic rings. The van der Waals surface area contributed by atoms with Gasteiger partial charge in [-0.2, -0.15) is 0 Å². The average Bonchev–Trinajstić information content (AvgIpc) is 1.97. The van der Waals surface area contributed by atoms with Gasteiger partial charge in [-0.25, -0.2) is 0 Å². The van der Waals surface area contributed by atoms with E-state index in [-0.39, 0.29) is 12.4 Å². The monoisotopic (exact) mass is 170 g/mol. The Morgan fingerprint density at radius 3 is 2.42 bits per heavy atom. The van der Waals surface area contributed by atoms with Crippen molar-refractivity contribution in [3.8, 4) is 0 Å². The molecule has 0 aliphatic heterocycles. The number of hydrogen-bond donors (Lipinski definition) is 2. The Balaban J connectivity index is 4.27. The summed E-state index contributed by atoms with van der Waals surface area (Å²) in [5, 5.41) is 17.7. The van der Waals surface area contributed by atoms with Gasteiger partial charge in [0.25, 0.3) is 0 Å². The van der Waals surface area contributed by atoms with Crippen LogP contribution in [0.4, 0.5) is 0 Å². The fraction of sp³-hybridized carbons (Fsp3) is 0.444. The van der Waals surface area contributed by atoms with Crippen LogP contribution in [0.3, 0.4) is 0 Å². The zero-order valence-corrected chi connectivity index (χ0v) is 7.32. The number of hydrogen-bond acceptors (Lipinski definition) is 3. The molecule has 0 aromatic carbocycles. The number of carbonyl (C=O) groups excluding carboxylic acids is 1. The van der Waals surface area contributed by atoms with E-state index >= 15 is 0 Å². The highest BCUT2D eigenvalue weighted by atomic mass is 16.3. The summed E-state index contributed by atoms with van der Waals surface area (Å²) < 4.78 is 0. The number of allylic oxidation sites excluding steroid dienone is 1. The van der Waals surface area contributed by atoms with E-state index in [2.05, 4.69) is 0 Å². The van der Waals surface area contributed by atoms with E-state index in [1.165, 1.54) is 25.2 Å². The van der Waals surface area contributed by atoms with Gasteiger partial charge in [0, 0.05) is 0 Å². The van der Waals surface area contributed by atoms with E-state index < -0.39 is 6.10 Å². The topological polar surface area (TPSA) is 57.5 Å². The smallest absolute Gasteiger partial charge is 0.152 e. The first-order valence-electron chi connectivity index (χ1n) is 3.74. The third kappa shape index (κ3) is 5.82. The van der Waals surface area contributed by atoms with Crippen molar-refractivity contribution < 1.29 is 15.0 Å². The van der Waals surface area contributed by atoms with E-state index in [0.717, 1.165) is 0 Å². The van der Waals surface area contributed by atoms with E-state index in [4.69, 9.17) is 10.2 Å². The van der Waals surface area contributed by atoms with Crippen LogP contribution in [0, 0.1) is 0 Å². The molecule has 3 heteroatoms. The molecule has 0 rings (SSSR count). The Morgan fingerprint density at radius 1 is 1.50 bits per heavy atom. The highest BCUT2D eigenvalue weighted by molar-refractivity contribution is 5.87. The molecular formula is C9H14O3.